The predicted octanol–water partition coefficient (Wildman–Crippen LogP) is 6.33. The first kappa shape index (κ1) is 25.3. The number of hydrogen-bond donors (Lipinski definition) is 0. The molecule has 0 fully saturated rings. The van der Waals surface area contributed by atoms with Crippen LogP contribution in [0.25, 0.3) is 11.5 Å². The van der Waals surface area contributed by atoms with Gasteiger partial charge in [-0.1, -0.05) is 37.6 Å². The summed E-state index contributed by atoms with van der Waals surface area (Å²) in [5, 5.41) is 0. The number of carbonyl (C=O) groups is 1. The number of aromatic nitrogens is 1. The minimum Gasteiger partial charge on any atom is -0.493 e. The standard InChI is InChI=1S/C28H35NO5/c1-6-8-12-21-15-16-23(19-25(21)34-28(4,5)27(30)31-7-2)32-18-17-24-20(3)33-26(29-24)22-13-10-9-11-14-22/h9-11,13-16,19H,6-8,12,17-18H2,1-5H3. The van der Waals surface area contributed by atoms with Crippen LogP contribution in [0, 0.1) is 6.92 Å². The topological polar surface area (TPSA) is 70.8 Å². The number of nitrogens with zero attached hydrogens (tertiary/aromatic N) is 1. The van der Waals surface area contributed by atoms with Crippen molar-refractivity contribution < 1.29 is 23.4 Å². The van der Waals surface area contributed by atoms with Crippen molar-refractivity contribution in [2.24, 2.45) is 0 Å². The summed E-state index contributed by atoms with van der Waals surface area (Å²) in [6.45, 7) is 10.0. The molecule has 0 aliphatic rings. The molecule has 0 aliphatic carbocycles. The Morgan fingerprint density at radius 1 is 1.06 bits per heavy atom. The molecule has 0 N–H and O–H groups in total. The maximum Gasteiger partial charge on any atom is 0.349 e. The van der Waals surface area contributed by atoms with Crippen molar-refractivity contribution in [1.82, 2.24) is 4.98 Å². The molecule has 0 bridgehead atoms. The molecule has 1 heterocycles. The molecule has 0 saturated heterocycles. The molecule has 0 atom stereocenters. The second kappa shape index (κ2) is 11.7. The van der Waals surface area contributed by atoms with Gasteiger partial charge in [-0.3, -0.25) is 0 Å². The zero-order valence-electron chi connectivity index (χ0n) is 20.8. The number of carbonyl (C=O) groups excluding carboxylic acids is 1. The normalized spacial score (nSPS) is 11.3. The average molecular weight is 466 g/mol. The lowest BCUT2D eigenvalue weighted by Crippen LogP contribution is -2.40. The smallest absolute Gasteiger partial charge is 0.349 e. The lowest BCUT2D eigenvalue weighted by Gasteiger charge is -2.26. The molecule has 3 aromatic rings. The maximum absolute atomic E-state index is 12.4. The van der Waals surface area contributed by atoms with Crippen LogP contribution in [0.2, 0.25) is 0 Å². The monoisotopic (exact) mass is 465 g/mol. The van der Waals surface area contributed by atoms with Gasteiger partial charge in [-0.25, -0.2) is 9.78 Å². The van der Waals surface area contributed by atoms with E-state index in [4.69, 9.17) is 18.6 Å². The fraction of sp³-hybridized carbons (Fsp3) is 0.429. The Morgan fingerprint density at radius 3 is 2.53 bits per heavy atom. The van der Waals surface area contributed by atoms with Crippen LogP contribution >= 0.6 is 0 Å². The highest BCUT2D eigenvalue weighted by molar-refractivity contribution is 5.79. The number of hydrogen-bond acceptors (Lipinski definition) is 6. The summed E-state index contributed by atoms with van der Waals surface area (Å²) in [6, 6.07) is 15.7. The predicted molar refractivity (Wildman–Crippen MR) is 132 cm³/mol. The van der Waals surface area contributed by atoms with E-state index < -0.39 is 11.6 Å². The Bertz CT molecular complexity index is 1070. The SMILES string of the molecule is CCCCc1ccc(OCCc2nc(-c3ccccc3)oc2C)cc1OC(C)(C)C(=O)OCC. The van der Waals surface area contributed by atoms with E-state index in [0.717, 1.165) is 41.8 Å². The second-order valence-corrected chi connectivity index (χ2v) is 8.69. The van der Waals surface area contributed by atoms with Gasteiger partial charge in [0.2, 0.25) is 5.89 Å². The number of oxazole rings is 1. The van der Waals surface area contributed by atoms with Crippen molar-refractivity contribution in [3.05, 3.63) is 65.5 Å². The molecule has 0 radical (unpaired) electrons. The summed E-state index contributed by atoms with van der Waals surface area (Å²) in [7, 11) is 0. The summed E-state index contributed by atoms with van der Waals surface area (Å²) in [5.41, 5.74) is 1.78. The first-order valence-electron chi connectivity index (χ1n) is 12.0. The second-order valence-electron chi connectivity index (χ2n) is 8.69. The van der Waals surface area contributed by atoms with Crippen LogP contribution in [0.15, 0.2) is 52.9 Å². The lowest BCUT2D eigenvalue weighted by atomic mass is 10.1. The first-order valence-corrected chi connectivity index (χ1v) is 12.0. The molecule has 6 heteroatoms. The minimum absolute atomic E-state index is 0.310. The van der Waals surface area contributed by atoms with Crippen molar-refractivity contribution in [1.29, 1.82) is 0 Å². The van der Waals surface area contributed by atoms with E-state index in [1.807, 2.05) is 55.5 Å². The highest BCUT2D eigenvalue weighted by Crippen LogP contribution is 2.30. The number of aryl methyl sites for hydroxylation is 2. The van der Waals surface area contributed by atoms with Crippen molar-refractivity contribution in [2.75, 3.05) is 13.2 Å². The van der Waals surface area contributed by atoms with Crippen molar-refractivity contribution >= 4 is 5.97 Å². The highest BCUT2D eigenvalue weighted by atomic mass is 16.6. The van der Waals surface area contributed by atoms with E-state index in [1.165, 1.54) is 0 Å². The maximum atomic E-state index is 12.4. The van der Waals surface area contributed by atoms with Gasteiger partial charge in [0.1, 0.15) is 17.3 Å². The molecule has 2 aromatic carbocycles. The third-order valence-corrected chi connectivity index (χ3v) is 5.49. The van der Waals surface area contributed by atoms with Gasteiger partial charge in [-0.2, -0.15) is 0 Å². The average Bonchev–Trinajstić information content (AvgIpc) is 3.19. The molecule has 34 heavy (non-hydrogen) atoms. The third-order valence-electron chi connectivity index (χ3n) is 5.49. The van der Waals surface area contributed by atoms with Crippen LogP contribution in [0.1, 0.15) is 57.6 Å². The van der Waals surface area contributed by atoms with Crippen LogP contribution in [-0.2, 0) is 22.4 Å². The fourth-order valence-corrected chi connectivity index (χ4v) is 3.54. The Labute approximate surface area is 202 Å². The number of unbranched alkanes of at least 4 members (excludes halogenated alkanes) is 1. The fourth-order valence-electron chi connectivity index (χ4n) is 3.54. The molecule has 0 unspecified atom stereocenters. The number of rotatable bonds is 12. The molecular formula is C28H35NO5. The summed E-state index contributed by atoms with van der Waals surface area (Å²) in [5.74, 6) is 2.34. The van der Waals surface area contributed by atoms with Gasteiger partial charge in [0, 0.05) is 18.1 Å². The van der Waals surface area contributed by atoms with Gasteiger partial charge in [0.05, 0.1) is 18.9 Å². The molecule has 0 saturated carbocycles. The van der Waals surface area contributed by atoms with Crippen molar-refractivity contribution in [3.8, 4) is 23.0 Å². The molecule has 6 nitrogen and oxygen atoms in total. The Hall–Kier alpha value is -3.28. The molecule has 1 aromatic heterocycles. The lowest BCUT2D eigenvalue weighted by molar-refractivity contribution is -0.158. The summed E-state index contributed by atoms with van der Waals surface area (Å²) >= 11 is 0. The van der Waals surface area contributed by atoms with Crippen LogP contribution in [0.4, 0.5) is 0 Å². The molecular weight excluding hydrogens is 430 g/mol. The van der Waals surface area contributed by atoms with Crippen molar-refractivity contribution in [2.45, 2.75) is 65.9 Å². The van der Waals surface area contributed by atoms with Gasteiger partial charge in [0.15, 0.2) is 5.60 Å². The van der Waals surface area contributed by atoms with E-state index in [0.29, 0.717) is 37.0 Å². The van der Waals surface area contributed by atoms with Gasteiger partial charge < -0.3 is 18.6 Å². The highest BCUT2D eigenvalue weighted by Gasteiger charge is 2.32. The number of esters is 1. The molecule has 3 rings (SSSR count). The van der Waals surface area contributed by atoms with Crippen molar-refractivity contribution in [3.63, 3.8) is 0 Å². The zero-order valence-corrected chi connectivity index (χ0v) is 20.8. The molecule has 0 amide bonds. The number of benzene rings is 2. The first-order chi connectivity index (χ1) is 16.3. The van der Waals surface area contributed by atoms with E-state index in [1.54, 1.807) is 20.8 Å². The zero-order chi connectivity index (χ0) is 24.6. The van der Waals surface area contributed by atoms with E-state index in [2.05, 4.69) is 11.9 Å². The molecule has 0 spiro atoms. The van der Waals surface area contributed by atoms with Gasteiger partial charge in [-0.05, 0) is 64.3 Å². The van der Waals surface area contributed by atoms with Crippen LogP contribution in [0.5, 0.6) is 11.5 Å². The minimum atomic E-state index is -1.10. The van der Waals surface area contributed by atoms with E-state index in [9.17, 15) is 4.79 Å². The summed E-state index contributed by atoms with van der Waals surface area (Å²) in [4.78, 5) is 17.0. The van der Waals surface area contributed by atoms with Crippen LogP contribution in [-0.4, -0.2) is 29.8 Å². The molecule has 182 valence electrons. The molecule has 0 aliphatic heterocycles. The Balaban J connectivity index is 1.69. The summed E-state index contributed by atoms with van der Waals surface area (Å²) in [6.07, 6.45) is 3.59. The quantitative estimate of drug-likeness (QED) is 0.291. The largest absolute Gasteiger partial charge is 0.493 e. The van der Waals surface area contributed by atoms with Crippen LogP contribution in [0.3, 0.4) is 0 Å². The number of ether oxygens (including phenoxy) is 3. The van der Waals surface area contributed by atoms with E-state index >= 15 is 0 Å². The Kier molecular flexibility index (Phi) is 8.74. The van der Waals surface area contributed by atoms with Gasteiger partial charge in [0.25, 0.3) is 0 Å². The Morgan fingerprint density at radius 2 is 1.82 bits per heavy atom. The van der Waals surface area contributed by atoms with Gasteiger partial charge in [-0.15, -0.1) is 0 Å². The van der Waals surface area contributed by atoms with Gasteiger partial charge >= 0.3 is 5.97 Å². The third kappa shape index (κ3) is 6.62. The van der Waals surface area contributed by atoms with Crippen LogP contribution < -0.4 is 9.47 Å². The summed E-state index contributed by atoms with van der Waals surface area (Å²) < 4.78 is 23.2. The van der Waals surface area contributed by atoms with E-state index in [-0.39, 0.29) is 0 Å².